The molecule has 3 rings (SSSR count). The average molecular weight is 627 g/mol. The van der Waals surface area contributed by atoms with Crippen molar-refractivity contribution in [2.75, 3.05) is 80.7 Å². The summed E-state index contributed by atoms with van der Waals surface area (Å²) in [5.41, 5.74) is -2.32. The first-order chi connectivity index (χ1) is 20.5. The predicted molar refractivity (Wildman–Crippen MR) is 170 cm³/mol. The number of nitrogens with zero attached hydrogens (tertiary/aromatic N) is 4. The molecule has 11 nitrogen and oxygen atoms in total. The lowest BCUT2D eigenvalue weighted by Gasteiger charge is -2.47. The van der Waals surface area contributed by atoms with Gasteiger partial charge >= 0.3 is 5.97 Å². The van der Waals surface area contributed by atoms with Crippen LogP contribution in [0.3, 0.4) is 0 Å². The maximum Gasteiger partial charge on any atom is 0.319 e. The summed E-state index contributed by atoms with van der Waals surface area (Å²) in [6, 6.07) is -0.172. The second kappa shape index (κ2) is 15.6. The van der Waals surface area contributed by atoms with Gasteiger partial charge in [-0.05, 0) is 74.1 Å². The van der Waals surface area contributed by atoms with E-state index in [1.807, 2.05) is 32.8 Å². The fourth-order valence-electron chi connectivity index (χ4n) is 7.36. The van der Waals surface area contributed by atoms with Gasteiger partial charge in [-0.25, -0.2) is 0 Å². The van der Waals surface area contributed by atoms with Crippen LogP contribution in [0.4, 0.5) is 0 Å². The minimum absolute atomic E-state index is 0.00465. The van der Waals surface area contributed by atoms with Gasteiger partial charge in [0.25, 0.3) is 0 Å². The molecule has 0 saturated carbocycles. The zero-order chi connectivity index (χ0) is 33.0. The molecule has 0 aliphatic carbocycles. The molecule has 9 atom stereocenters. The molecule has 0 radical (unpaired) electrons. The van der Waals surface area contributed by atoms with Gasteiger partial charge in [0.1, 0.15) is 18.1 Å². The van der Waals surface area contributed by atoms with E-state index < -0.39 is 41.4 Å². The zero-order valence-corrected chi connectivity index (χ0v) is 29.4. The lowest BCUT2D eigenvalue weighted by molar-refractivity contribution is -0.295. The van der Waals surface area contributed by atoms with Gasteiger partial charge in [-0.15, -0.1) is 0 Å². The van der Waals surface area contributed by atoms with Crippen LogP contribution in [0.5, 0.6) is 0 Å². The molecule has 1 N–H and O–H groups in total. The number of aliphatic hydroxyl groups excluding tert-OH is 1. The Labute approximate surface area is 266 Å². The molecule has 11 heteroatoms. The standard InChI is InChI=1S/C33H62N4O7/c1-12-37-19-22(2)18-33(7,41-11)29(44-30-27(38)26(34(8)9)17-23(3)43-30)24(4)28(39)32(5,6)31(40)42-21-25(37)20-36-15-13-35(10)14-16-36/h22-27,29-30,38H,12-21H2,1-11H3/t22-,23-,24+,25?,26+,27-,29-,30+,33-/m1/s1. The minimum atomic E-state index is -1.41. The highest BCUT2D eigenvalue weighted by Crippen LogP contribution is 2.38. The number of cyclic esters (lactones) is 1. The molecule has 256 valence electrons. The first-order valence-corrected chi connectivity index (χ1v) is 16.6. The molecule has 3 aliphatic heterocycles. The number of carbonyl (C=O) groups is 2. The van der Waals surface area contributed by atoms with Crippen molar-refractivity contribution in [3.8, 4) is 0 Å². The third-order valence-electron chi connectivity index (χ3n) is 10.3. The number of carbonyl (C=O) groups excluding carboxylic acids is 2. The SMILES string of the molecule is CCN1C[C@H](C)C[C@@](C)(OC)[C@H](O[C@@H]2O[C@H](C)C[C@H](N(C)C)[C@H]2O)[C@@H](C)C(=O)C(C)(C)C(=O)OCC1CN1CCN(C)CC1. The van der Waals surface area contributed by atoms with Crippen molar-refractivity contribution in [2.24, 2.45) is 17.3 Å². The summed E-state index contributed by atoms with van der Waals surface area (Å²) in [7, 11) is 7.65. The Bertz CT molecular complexity index is 943. The minimum Gasteiger partial charge on any atom is -0.463 e. The van der Waals surface area contributed by atoms with E-state index in [-0.39, 0.29) is 36.5 Å². The fraction of sp³-hybridized carbons (Fsp3) is 0.939. The number of aliphatic hydroxyl groups is 1. The number of rotatable bonds is 7. The summed E-state index contributed by atoms with van der Waals surface area (Å²) in [4.78, 5) is 37.0. The number of esters is 1. The van der Waals surface area contributed by atoms with Gasteiger partial charge in [-0.1, -0.05) is 20.8 Å². The molecule has 3 heterocycles. The van der Waals surface area contributed by atoms with Crippen LogP contribution in [0.15, 0.2) is 0 Å². The summed E-state index contributed by atoms with van der Waals surface area (Å²) in [6.45, 7) is 19.9. The Morgan fingerprint density at radius 1 is 1.07 bits per heavy atom. The van der Waals surface area contributed by atoms with Crippen LogP contribution in [0.25, 0.3) is 0 Å². The van der Waals surface area contributed by atoms with Crippen molar-refractivity contribution in [3.63, 3.8) is 0 Å². The highest BCUT2D eigenvalue weighted by atomic mass is 16.7. The van der Waals surface area contributed by atoms with Crippen LogP contribution in [0.2, 0.25) is 0 Å². The summed E-state index contributed by atoms with van der Waals surface area (Å²) >= 11 is 0. The van der Waals surface area contributed by atoms with Crippen LogP contribution >= 0.6 is 0 Å². The third-order valence-corrected chi connectivity index (χ3v) is 10.3. The smallest absolute Gasteiger partial charge is 0.319 e. The molecule has 44 heavy (non-hydrogen) atoms. The van der Waals surface area contributed by atoms with Crippen LogP contribution in [-0.4, -0.2) is 159 Å². The van der Waals surface area contributed by atoms with Crippen molar-refractivity contribution in [2.45, 2.75) is 104 Å². The second-order valence-corrected chi connectivity index (χ2v) is 14.7. The van der Waals surface area contributed by atoms with E-state index in [1.54, 1.807) is 27.9 Å². The van der Waals surface area contributed by atoms with Crippen molar-refractivity contribution >= 4 is 11.8 Å². The number of piperazine rings is 1. The van der Waals surface area contributed by atoms with Crippen molar-refractivity contribution in [3.05, 3.63) is 0 Å². The number of ketones is 1. The Morgan fingerprint density at radius 2 is 1.70 bits per heavy atom. The van der Waals surface area contributed by atoms with Crippen molar-refractivity contribution < 1.29 is 33.6 Å². The normalized spacial score (nSPS) is 39.4. The number of methoxy groups -OCH3 is 1. The van der Waals surface area contributed by atoms with Crippen LogP contribution in [0.1, 0.15) is 61.3 Å². The van der Waals surface area contributed by atoms with Gasteiger partial charge in [0.05, 0.1) is 23.9 Å². The Balaban J connectivity index is 1.97. The molecule has 1 unspecified atom stereocenters. The molecule has 3 fully saturated rings. The highest BCUT2D eigenvalue weighted by molar-refractivity contribution is 6.04. The molecule has 0 aromatic rings. The zero-order valence-electron chi connectivity index (χ0n) is 29.4. The van der Waals surface area contributed by atoms with Gasteiger partial charge in [0.15, 0.2) is 12.1 Å². The molecule has 3 aliphatic rings. The Hall–Kier alpha value is -1.18. The molecular formula is C33H62N4O7. The molecule has 0 aromatic carbocycles. The first kappa shape index (κ1) is 37.3. The number of ether oxygens (including phenoxy) is 4. The van der Waals surface area contributed by atoms with E-state index in [0.717, 1.165) is 45.8 Å². The summed E-state index contributed by atoms with van der Waals surface area (Å²) in [6.07, 6.45) is -1.55. The van der Waals surface area contributed by atoms with Crippen LogP contribution in [0, 0.1) is 17.3 Å². The average Bonchev–Trinajstić information content (AvgIpc) is 2.97. The molecule has 0 amide bonds. The Kier molecular flexibility index (Phi) is 13.2. The van der Waals surface area contributed by atoms with Gasteiger partial charge in [-0.3, -0.25) is 19.4 Å². The Morgan fingerprint density at radius 3 is 2.27 bits per heavy atom. The molecule has 0 aromatic heterocycles. The highest BCUT2D eigenvalue weighted by Gasteiger charge is 2.51. The quantitative estimate of drug-likeness (QED) is 0.331. The number of hydrogen-bond donors (Lipinski definition) is 1. The summed E-state index contributed by atoms with van der Waals surface area (Å²) in [5, 5.41) is 11.3. The van der Waals surface area contributed by atoms with E-state index in [1.165, 1.54) is 0 Å². The van der Waals surface area contributed by atoms with Crippen LogP contribution < -0.4 is 0 Å². The van der Waals surface area contributed by atoms with E-state index in [4.69, 9.17) is 18.9 Å². The summed E-state index contributed by atoms with van der Waals surface area (Å²) in [5.74, 6) is -1.40. The maximum absolute atomic E-state index is 14.2. The van der Waals surface area contributed by atoms with E-state index >= 15 is 0 Å². The predicted octanol–water partition coefficient (Wildman–Crippen LogP) is 1.96. The van der Waals surface area contributed by atoms with E-state index in [0.29, 0.717) is 12.8 Å². The lowest BCUT2D eigenvalue weighted by atomic mass is 9.74. The van der Waals surface area contributed by atoms with Crippen molar-refractivity contribution in [1.82, 2.24) is 19.6 Å². The van der Waals surface area contributed by atoms with Crippen molar-refractivity contribution in [1.29, 1.82) is 0 Å². The molecular weight excluding hydrogens is 564 g/mol. The number of hydrogen-bond acceptors (Lipinski definition) is 11. The second-order valence-electron chi connectivity index (χ2n) is 14.7. The topological polar surface area (TPSA) is 104 Å². The maximum atomic E-state index is 14.2. The molecule has 0 spiro atoms. The van der Waals surface area contributed by atoms with Gasteiger partial charge in [0.2, 0.25) is 0 Å². The van der Waals surface area contributed by atoms with E-state index in [2.05, 4.69) is 35.6 Å². The largest absolute Gasteiger partial charge is 0.463 e. The van der Waals surface area contributed by atoms with Gasteiger partial charge < -0.3 is 33.9 Å². The monoisotopic (exact) mass is 626 g/mol. The third kappa shape index (κ3) is 8.79. The lowest BCUT2D eigenvalue weighted by Crippen LogP contribution is -2.59. The van der Waals surface area contributed by atoms with E-state index in [9.17, 15) is 14.7 Å². The first-order valence-electron chi connectivity index (χ1n) is 16.6. The number of likely N-dealkylation sites (N-methyl/N-ethyl adjacent to an activating group) is 3. The number of Topliss-reactive ketones (excluding diaryl/α,β-unsaturated/α-hetero) is 1. The fourth-order valence-corrected chi connectivity index (χ4v) is 7.36. The van der Waals surface area contributed by atoms with Crippen LogP contribution in [-0.2, 0) is 28.5 Å². The molecule has 0 bridgehead atoms. The van der Waals surface area contributed by atoms with Gasteiger partial charge in [0, 0.05) is 58.3 Å². The molecule has 3 saturated heterocycles. The van der Waals surface area contributed by atoms with Gasteiger partial charge in [-0.2, -0.15) is 0 Å². The summed E-state index contributed by atoms with van der Waals surface area (Å²) < 4.78 is 25.0.